The molecule has 0 aliphatic heterocycles. The van der Waals surface area contributed by atoms with Gasteiger partial charge in [0.25, 0.3) is 0 Å². The second-order valence-corrected chi connectivity index (χ2v) is 6.03. The van der Waals surface area contributed by atoms with Crippen molar-refractivity contribution in [3.8, 4) is 0 Å². The number of hydrogen-bond acceptors (Lipinski definition) is 3. The Morgan fingerprint density at radius 1 is 1.21 bits per heavy atom. The second-order valence-electron chi connectivity index (χ2n) is 6.03. The Balaban J connectivity index is 2.11. The first-order valence-electron chi connectivity index (χ1n) is 7.67. The van der Waals surface area contributed by atoms with Crippen molar-refractivity contribution in [3.63, 3.8) is 0 Å². The minimum atomic E-state index is -0.0741. The van der Waals surface area contributed by atoms with E-state index < -0.39 is 0 Å². The van der Waals surface area contributed by atoms with E-state index >= 15 is 0 Å². The first kappa shape index (κ1) is 16.4. The topological polar surface area (TPSA) is 35.6 Å². The highest BCUT2D eigenvalue weighted by molar-refractivity contribution is 5.80. The predicted molar refractivity (Wildman–Crippen MR) is 80.3 cm³/mol. The molecule has 1 unspecified atom stereocenters. The maximum Gasteiger partial charge on any atom is 0.238 e. The number of carbonyl (C=O) groups is 1. The van der Waals surface area contributed by atoms with Crippen LogP contribution in [-0.4, -0.2) is 62.0 Å². The van der Waals surface area contributed by atoms with Crippen LogP contribution in [0.4, 0.5) is 0 Å². The molecule has 0 aromatic rings. The number of nitrogens with one attached hydrogen (secondary N) is 1. The molecule has 0 spiro atoms. The maximum atomic E-state index is 11.7. The van der Waals surface area contributed by atoms with Crippen LogP contribution < -0.4 is 5.32 Å². The van der Waals surface area contributed by atoms with Crippen LogP contribution in [0.5, 0.6) is 0 Å². The van der Waals surface area contributed by atoms with Crippen molar-refractivity contribution in [2.45, 2.75) is 57.5 Å². The molecule has 0 saturated heterocycles. The van der Waals surface area contributed by atoms with Crippen molar-refractivity contribution < 1.29 is 4.79 Å². The van der Waals surface area contributed by atoms with Gasteiger partial charge < -0.3 is 15.1 Å². The van der Waals surface area contributed by atoms with Crippen LogP contribution in [0.15, 0.2) is 0 Å². The van der Waals surface area contributed by atoms with Crippen LogP contribution in [0.25, 0.3) is 0 Å². The summed E-state index contributed by atoms with van der Waals surface area (Å²) in [6, 6.07) is 0.713. The average Bonchev–Trinajstić information content (AvgIpc) is 2.43. The quantitative estimate of drug-likeness (QED) is 0.715. The third kappa shape index (κ3) is 5.91. The molecule has 19 heavy (non-hydrogen) atoms. The lowest BCUT2D eigenvalue weighted by Crippen LogP contribution is -2.42. The Kier molecular flexibility index (Phi) is 7.39. The Morgan fingerprint density at radius 3 is 2.42 bits per heavy atom. The molecule has 1 amide bonds. The second kappa shape index (κ2) is 8.54. The van der Waals surface area contributed by atoms with E-state index in [1.807, 2.05) is 6.92 Å². The summed E-state index contributed by atoms with van der Waals surface area (Å²) in [5.41, 5.74) is 0. The van der Waals surface area contributed by atoms with Crippen LogP contribution >= 0.6 is 0 Å². The molecule has 1 fully saturated rings. The van der Waals surface area contributed by atoms with Crippen LogP contribution in [-0.2, 0) is 4.79 Å². The first-order valence-corrected chi connectivity index (χ1v) is 7.67. The van der Waals surface area contributed by atoms with Crippen LogP contribution in [0.1, 0.15) is 45.4 Å². The van der Waals surface area contributed by atoms with Gasteiger partial charge in [-0.05, 0) is 46.3 Å². The Labute approximate surface area is 118 Å². The van der Waals surface area contributed by atoms with E-state index in [1.54, 1.807) is 19.0 Å². The Morgan fingerprint density at radius 2 is 1.84 bits per heavy atom. The first-order chi connectivity index (χ1) is 9.02. The lowest BCUT2D eigenvalue weighted by atomic mass is 9.94. The van der Waals surface area contributed by atoms with Gasteiger partial charge in [-0.15, -0.1) is 0 Å². The van der Waals surface area contributed by atoms with Gasteiger partial charge in [-0.2, -0.15) is 0 Å². The molecule has 0 bridgehead atoms. The lowest BCUT2D eigenvalue weighted by Gasteiger charge is -2.31. The molecule has 1 rings (SSSR count). The molecule has 4 heteroatoms. The van der Waals surface area contributed by atoms with E-state index in [0.717, 1.165) is 25.6 Å². The van der Waals surface area contributed by atoms with Gasteiger partial charge in [0.1, 0.15) is 0 Å². The largest absolute Gasteiger partial charge is 0.347 e. The van der Waals surface area contributed by atoms with Crippen LogP contribution in [0.2, 0.25) is 0 Å². The highest BCUT2D eigenvalue weighted by Crippen LogP contribution is 2.21. The molecule has 4 nitrogen and oxygen atoms in total. The molecule has 1 N–H and O–H groups in total. The Hall–Kier alpha value is -0.610. The number of likely N-dealkylation sites (N-methyl/N-ethyl adjacent to an activating group) is 1. The van der Waals surface area contributed by atoms with Crippen molar-refractivity contribution in [1.29, 1.82) is 0 Å². The fraction of sp³-hybridized carbons (Fsp3) is 0.933. The summed E-state index contributed by atoms with van der Waals surface area (Å²) >= 11 is 0. The molecule has 0 aromatic heterocycles. The third-order valence-electron chi connectivity index (χ3n) is 4.15. The molecular weight excluding hydrogens is 238 g/mol. The number of carbonyl (C=O) groups excluding carboxylic acids is 1. The monoisotopic (exact) mass is 269 g/mol. The Bertz CT molecular complexity index is 262. The van der Waals surface area contributed by atoms with Crippen molar-refractivity contribution in [2.24, 2.45) is 0 Å². The van der Waals surface area contributed by atoms with Gasteiger partial charge in [-0.25, -0.2) is 0 Å². The molecule has 1 atom stereocenters. The number of rotatable bonds is 7. The summed E-state index contributed by atoms with van der Waals surface area (Å²) in [6.07, 6.45) is 8.02. The third-order valence-corrected chi connectivity index (χ3v) is 4.15. The minimum absolute atomic E-state index is 0.0741. The standard InChI is InChI=1S/C15H31N3O/c1-13(15(19)17(2)3)16-11-8-12-18(4)14-9-6-5-7-10-14/h13-14,16H,5-12H2,1-4H3. The smallest absolute Gasteiger partial charge is 0.238 e. The number of amides is 1. The molecule has 0 radical (unpaired) electrons. The predicted octanol–water partition coefficient (Wildman–Crippen LogP) is 1.71. The molecule has 112 valence electrons. The van der Waals surface area contributed by atoms with E-state index in [1.165, 1.54) is 32.1 Å². The molecule has 1 aliphatic carbocycles. The van der Waals surface area contributed by atoms with E-state index in [2.05, 4.69) is 17.3 Å². The highest BCUT2D eigenvalue weighted by Gasteiger charge is 2.18. The molecule has 1 saturated carbocycles. The van der Waals surface area contributed by atoms with E-state index in [4.69, 9.17) is 0 Å². The summed E-state index contributed by atoms with van der Waals surface area (Å²) in [5.74, 6) is 0.153. The summed E-state index contributed by atoms with van der Waals surface area (Å²) in [5, 5.41) is 3.30. The summed E-state index contributed by atoms with van der Waals surface area (Å²) < 4.78 is 0. The van der Waals surface area contributed by atoms with Gasteiger partial charge >= 0.3 is 0 Å². The van der Waals surface area contributed by atoms with Gasteiger partial charge in [0, 0.05) is 20.1 Å². The average molecular weight is 269 g/mol. The number of hydrogen-bond donors (Lipinski definition) is 1. The zero-order valence-electron chi connectivity index (χ0n) is 13.1. The van der Waals surface area contributed by atoms with Crippen molar-refractivity contribution in [1.82, 2.24) is 15.1 Å². The SMILES string of the molecule is CC(NCCCN(C)C1CCCCC1)C(=O)N(C)C. The van der Waals surface area contributed by atoms with Gasteiger partial charge in [0.2, 0.25) is 5.91 Å². The molecular formula is C15H31N3O. The van der Waals surface area contributed by atoms with Gasteiger partial charge in [0.15, 0.2) is 0 Å². The van der Waals surface area contributed by atoms with Crippen molar-refractivity contribution in [3.05, 3.63) is 0 Å². The minimum Gasteiger partial charge on any atom is -0.347 e. The van der Waals surface area contributed by atoms with Gasteiger partial charge in [0.05, 0.1) is 6.04 Å². The van der Waals surface area contributed by atoms with Crippen LogP contribution in [0, 0.1) is 0 Å². The van der Waals surface area contributed by atoms with E-state index in [0.29, 0.717) is 0 Å². The van der Waals surface area contributed by atoms with Crippen molar-refractivity contribution >= 4 is 5.91 Å². The molecule has 1 aliphatic rings. The molecule has 0 aromatic carbocycles. The lowest BCUT2D eigenvalue weighted by molar-refractivity contribution is -0.130. The normalized spacial score (nSPS) is 18.6. The summed E-state index contributed by atoms with van der Waals surface area (Å²) in [6.45, 7) is 3.98. The molecule has 0 heterocycles. The fourth-order valence-electron chi connectivity index (χ4n) is 2.83. The maximum absolute atomic E-state index is 11.7. The van der Waals surface area contributed by atoms with Gasteiger partial charge in [-0.3, -0.25) is 4.79 Å². The fourth-order valence-corrected chi connectivity index (χ4v) is 2.83. The van der Waals surface area contributed by atoms with Crippen LogP contribution in [0.3, 0.4) is 0 Å². The summed E-state index contributed by atoms with van der Waals surface area (Å²) in [4.78, 5) is 15.8. The van der Waals surface area contributed by atoms with E-state index in [9.17, 15) is 4.79 Å². The van der Waals surface area contributed by atoms with Crippen molar-refractivity contribution in [2.75, 3.05) is 34.2 Å². The number of nitrogens with zero attached hydrogens (tertiary/aromatic N) is 2. The highest BCUT2D eigenvalue weighted by atomic mass is 16.2. The zero-order valence-corrected chi connectivity index (χ0v) is 13.1. The summed E-state index contributed by atoms with van der Waals surface area (Å²) in [7, 11) is 5.85. The van der Waals surface area contributed by atoms with E-state index in [-0.39, 0.29) is 11.9 Å². The zero-order chi connectivity index (χ0) is 14.3. The van der Waals surface area contributed by atoms with Gasteiger partial charge in [-0.1, -0.05) is 19.3 Å².